The highest BCUT2D eigenvalue weighted by molar-refractivity contribution is 5.94. The Morgan fingerprint density at radius 3 is 2.22 bits per heavy atom. The fourth-order valence-corrected chi connectivity index (χ4v) is 4.31. The summed E-state index contributed by atoms with van der Waals surface area (Å²) in [5, 5.41) is 6.27. The van der Waals surface area contributed by atoms with Crippen LogP contribution in [0.3, 0.4) is 0 Å². The van der Waals surface area contributed by atoms with Crippen LogP contribution in [0.4, 0.5) is 24.8 Å². The molecule has 6 nitrogen and oxygen atoms in total. The van der Waals surface area contributed by atoms with E-state index >= 15 is 0 Å². The first-order valence-corrected chi connectivity index (χ1v) is 11.6. The third-order valence-electron chi connectivity index (χ3n) is 6.14. The molecule has 1 aromatic heterocycles. The summed E-state index contributed by atoms with van der Waals surface area (Å²) in [6, 6.07) is 13.6. The van der Waals surface area contributed by atoms with E-state index in [0.717, 1.165) is 31.0 Å². The number of carbonyl (C=O) groups excluding carboxylic acids is 1. The minimum absolute atomic E-state index is 0. The van der Waals surface area contributed by atoms with E-state index in [1.165, 1.54) is 5.56 Å². The predicted octanol–water partition coefficient (Wildman–Crippen LogP) is 5.41. The zero-order chi connectivity index (χ0) is 24.9. The van der Waals surface area contributed by atoms with Gasteiger partial charge >= 0.3 is 0 Å². The standard InChI is InChI=1S/C26H28F3N5O.ClH/c1-16-30-23(14-24(31-16)34(2)15-17-6-4-3-5-7-17)32-19-8-10-20(11-9-19)33-26(35)18-12-21(27)25(29)22(28)13-18;/h3-7,12-14,19-20H,8-11,15H2,1-2H3,(H,33,35)(H,30,31,32);1H. The number of nitrogens with zero attached hydrogens (tertiary/aromatic N) is 3. The van der Waals surface area contributed by atoms with E-state index in [9.17, 15) is 18.0 Å². The molecule has 2 aromatic carbocycles. The van der Waals surface area contributed by atoms with Gasteiger partial charge in [-0.25, -0.2) is 23.1 Å². The molecule has 1 aliphatic rings. The highest BCUT2D eigenvalue weighted by Gasteiger charge is 2.24. The van der Waals surface area contributed by atoms with Crippen LogP contribution in [0.25, 0.3) is 0 Å². The van der Waals surface area contributed by atoms with E-state index in [1.807, 2.05) is 38.2 Å². The van der Waals surface area contributed by atoms with Crippen LogP contribution in [0.5, 0.6) is 0 Å². The highest BCUT2D eigenvalue weighted by atomic mass is 35.5. The number of halogens is 4. The molecule has 1 saturated carbocycles. The number of aromatic nitrogens is 2. The average Bonchev–Trinajstić information content (AvgIpc) is 2.83. The molecule has 0 unspecified atom stereocenters. The van der Waals surface area contributed by atoms with Crippen molar-refractivity contribution in [1.29, 1.82) is 0 Å². The SMILES string of the molecule is Cc1nc(NC2CCC(NC(=O)c3cc(F)c(F)c(F)c3)CC2)cc(N(C)Cc2ccccc2)n1.Cl. The van der Waals surface area contributed by atoms with Gasteiger partial charge in [-0.2, -0.15) is 0 Å². The van der Waals surface area contributed by atoms with Crippen molar-refractivity contribution < 1.29 is 18.0 Å². The number of anilines is 2. The second-order valence-electron chi connectivity index (χ2n) is 8.92. The number of hydrogen-bond acceptors (Lipinski definition) is 5. The summed E-state index contributed by atoms with van der Waals surface area (Å²) in [6.07, 6.45) is 2.96. The van der Waals surface area contributed by atoms with Gasteiger partial charge in [-0.05, 0) is 50.3 Å². The number of hydrogen-bond donors (Lipinski definition) is 2. The van der Waals surface area contributed by atoms with Crippen molar-refractivity contribution in [3.63, 3.8) is 0 Å². The van der Waals surface area contributed by atoms with Gasteiger partial charge in [0.2, 0.25) is 0 Å². The topological polar surface area (TPSA) is 70.2 Å². The molecule has 0 bridgehead atoms. The Morgan fingerprint density at radius 1 is 0.972 bits per heavy atom. The van der Waals surface area contributed by atoms with Crippen LogP contribution < -0.4 is 15.5 Å². The predicted molar refractivity (Wildman–Crippen MR) is 136 cm³/mol. The second-order valence-corrected chi connectivity index (χ2v) is 8.92. The first kappa shape index (κ1) is 27.3. The summed E-state index contributed by atoms with van der Waals surface area (Å²) >= 11 is 0. The number of carbonyl (C=O) groups is 1. The zero-order valence-corrected chi connectivity index (χ0v) is 20.9. The van der Waals surface area contributed by atoms with Crippen LogP contribution in [-0.4, -0.2) is 35.0 Å². The maximum absolute atomic E-state index is 13.4. The van der Waals surface area contributed by atoms with E-state index in [0.29, 0.717) is 30.8 Å². The first-order valence-electron chi connectivity index (χ1n) is 11.6. The lowest BCUT2D eigenvalue weighted by molar-refractivity contribution is 0.0925. The lowest BCUT2D eigenvalue weighted by Gasteiger charge is -2.30. The molecule has 2 N–H and O–H groups in total. The van der Waals surface area contributed by atoms with Crippen LogP contribution in [0, 0.1) is 24.4 Å². The van der Waals surface area contributed by atoms with Crippen LogP contribution >= 0.6 is 12.4 Å². The monoisotopic (exact) mass is 519 g/mol. The Bertz CT molecular complexity index is 1170. The summed E-state index contributed by atoms with van der Waals surface area (Å²) in [5.41, 5.74) is 0.956. The van der Waals surface area contributed by atoms with E-state index < -0.39 is 23.4 Å². The fraction of sp³-hybridized carbons (Fsp3) is 0.346. The van der Waals surface area contributed by atoms with E-state index in [-0.39, 0.29) is 30.1 Å². The summed E-state index contributed by atoms with van der Waals surface area (Å²) in [6.45, 7) is 2.59. The van der Waals surface area contributed by atoms with Crippen molar-refractivity contribution in [2.45, 2.75) is 51.2 Å². The maximum Gasteiger partial charge on any atom is 0.251 e. The lowest BCUT2D eigenvalue weighted by Crippen LogP contribution is -2.40. The van der Waals surface area contributed by atoms with Crippen LogP contribution in [0.2, 0.25) is 0 Å². The molecule has 1 amide bonds. The molecule has 0 spiro atoms. The Morgan fingerprint density at radius 2 is 1.58 bits per heavy atom. The van der Waals surface area contributed by atoms with E-state index in [4.69, 9.17) is 0 Å². The van der Waals surface area contributed by atoms with Gasteiger partial charge in [0.15, 0.2) is 17.5 Å². The van der Waals surface area contributed by atoms with Crippen molar-refractivity contribution in [1.82, 2.24) is 15.3 Å². The van der Waals surface area contributed by atoms with Gasteiger partial charge in [-0.1, -0.05) is 30.3 Å². The van der Waals surface area contributed by atoms with Gasteiger partial charge < -0.3 is 15.5 Å². The normalized spacial score (nSPS) is 17.1. The van der Waals surface area contributed by atoms with Gasteiger partial charge in [0.25, 0.3) is 5.91 Å². The minimum Gasteiger partial charge on any atom is -0.367 e. The molecule has 1 fully saturated rings. The van der Waals surface area contributed by atoms with Gasteiger partial charge in [0, 0.05) is 37.3 Å². The molecule has 3 aromatic rings. The fourth-order valence-electron chi connectivity index (χ4n) is 4.31. The molecule has 0 radical (unpaired) electrons. The highest BCUT2D eigenvalue weighted by Crippen LogP contribution is 2.24. The second kappa shape index (κ2) is 12.1. The molecular formula is C26H29ClF3N5O. The van der Waals surface area contributed by atoms with Gasteiger partial charge in [-0.15, -0.1) is 12.4 Å². The van der Waals surface area contributed by atoms with E-state index in [2.05, 4.69) is 37.6 Å². The molecule has 192 valence electrons. The van der Waals surface area contributed by atoms with Crippen molar-refractivity contribution in [3.05, 3.63) is 82.9 Å². The number of rotatable bonds is 7. The molecule has 1 aliphatic carbocycles. The minimum atomic E-state index is -1.58. The number of nitrogens with one attached hydrogen (secondary N) is 2. The van der Waals surface area contributed by atoms with Crippen molar-refractivity contribution in [3.8, 4) is 0 Å². The Balaban J connectivity index is 0.00000361. The summed E-state index contributed by atoms with van der Waals surface area (Å²) in [4.78, 5) is 23.5. The van der Waals surface area contributed by atoms with Crippen LogP contribution in [0.1, 0.15) is 47.4 Å². The van der Waals surface area contributed by atoms with Gasteiger partial charge in [0.1, 0.15) is 17.5 Å². The van der Waals surface area contributed by atoms with Crippen molar-refractivity contribution in [2.24, 2.45) is 0 Å². The Labute approximate surface area is 214 Å². The Kier molecular flexibility index (Phi) is 9.14. The van der Waals surface area contributed by atoms with Crippen molar-refractivity contribution >= 4 is 29.9 Å². The lowest BCUT2D eigenvalue weighted by atomic mass is 9.91. The maximum atomic E-state index is 13.4. The van der Waals surface area contributed by atoms with E-state index in [1.54, 1.807) is 0 Å². The molecule has 10 heteroatoms. The largest absolute Gasteiger partial charge is 0.367 e. The first-order chi connectivity index (χ1) is 16.8. The average molecular weight is 520 g/mol. The number of aryl methyl sites for hydroxylation is 1. The number of amides is 1. The van der Waals surface area contributed by atoms with Gasteiger partial charge in [-0.3, -0.25) is 4.79 Å². The third-order valence-corrected chi connectivity index (χ3v) is 6.14. The summed E-state index contributed by atoms with van der Waals surface area (Å²) in [5.74, 6) is -2.71. The molecule has 4 rings (SSSR count). The third kappa shape index (κ3) is 6.87. The van der Waals surface area contributed by atoms with Gasteiger partial charge in [0.05, 0.1) is 0 Å². The molecule has 36 heavy (non-hydrogen) atoms. The molecule has 0 saturated heterocycles. The van der Waals surface area contributed by atoms with Crippen LogP contribution in [-0.2, 0) is 6.54 Å². The molecular weight excluding hydrogens is 491 g/mol. The Hall–Kier alpha value is -3.33. The molecule has 1 heterocycles. The summed E-state index contributed by atoms with van der Waals surface area (Å²) < 4.78 is 40.0. The molecule has 0 aliphatic heterocycles. The van der Waals surface area contributed by atoms with Crippen LogP contribution in [0.15, 0.2) is 48.5 Å². The summed E-state index contributed by atoms with van der Waals surface area (Å²) in [7, 11) is 1.99. The van der Waals surface area contributed by atoms with Crippen molar-refractivity contribution in [2.75, 3.05) is 17.3 Å². The number of benzene rings is 2. The molecule has 0 atom stereocenters. The quantitative estimate of drug-likeness (QED) is 0.408. The smallest absolute Gasteiger partial charge is 0.251 e. The zero-order valence-electron chi connectivity index (χ0n) is 20.1.